The summed E-state index contributed by atoms with van der Waals surface area (Å²) in [5, 5.41) is 6.60. The van der Waals surface area contributed by atoms with E-state index >= 15 is 0 Å². The van der Waals surface area contributed by atoms with Gasteiger partial charge in [-0.15, -0.1) is 11.3 Å². The van der Waals surface area contributed by atoms with Gasteiger partial charge in [0.15, 0.2) is 5.82 Å². The average molecular weight is 262 g/mol. The quantitative estimate of drug-likeness (QED) is 0.859. The van der Waals surface area contributed by atoms with E-state index in [2.05, 4.69) is 28.4 Å². The van der Waals surface area contributed by atoms with Gasteiger partial charge in [0, 0.05) is 18.5 Å². The Hall–Kier alpha value is -1.49. The molecule has 0 fully saturated rings. The molecule has 0 bridgehead atoms. The zero-order chi connectivity index (χ0) is 12.9. The van der Waals surface area contributed by atoms with Gasteiger partial charge >= 0.3 is 0 Å². The normalized spacial score (nSPS) is 19.1. The Morgan fingerprint density at radius 1 is 1.50 bits per heavy atom. The van der Waals surface area contributed by atoms with Gasteiger partial charge in [0.05, 0.1) is 17.4 Å². The monoisotopic (exact) mass is 262 g/mol. The van der Waals surface area contributed by atoms with E-state index in [1.807, 2.05) is 30.0 Å². The first-order chi connectivity index (χ1) is 8.59. The number of hydrogen-bond acceptors (Lipinski definition) is 4. The number of nitrogen functional groups attached to an aromatic ring is 1. The minimum absolute atomic E-state index is 0.372. The number of thiophene rings is 1. The van der Waals surface area contributed by atoms with E-state index in [4.69, 9.17) is 5.73 Å². The summed E-state index contributed by atoms with van der Waals surface area (Å²) in [7, 11) is 1.97. The van der Waals surface area contributed by atoms with Crippen molar-refractivity contribution in [2.24, 2.45) is 7.05 Å². The van der Waals surface area contributed by atoms with Crippen LogP contribution < -0.4 is 10.6 Å². The van der Waals surface area contributed by atoms with E-state index in [0.717, 1.165) is 30.2 Å². The standard InChI is InChI=1S/C13H18N4S/c1-8-12(14)13(16(3)15-8)17-6-4-11-10(9(17)2)5-7-18-11/h5,7,9H,4,6,14H2,1-3H3. The highest BCUT2D eigenvalue weighted by Crippen LogP contribution is 2.38. The number of nitrogens with zero attached hydrogens (tertiary/aromatic N) is 3. The van der Waals surface area contributed by atoms with Crippen LogP contribution in [0.3, 0.4) is 0 Å². The molecule has 0 saturated heterocycles. The number of aromatic nitrogens is 2. The first-order valence-corrected chi connectivity index (χ1v) is 7.09. The van der Waals surface area contributed by atoms with Crippen LogP contribution in [0.25, 0.3) is 0 Å². The number of aryl methyl sites for hydroxylation is 2. The average Bonchev–Trinajstić information content (AvgIpc) is 2.89. The molecule has 4 nitrogen and oxygen atoms in total. The van der Waals surface area contributed by atoms with Gasteiger partial charge < -0.3 is 10.6 Å². The lowest BCUT2D eigenvalue weighted by molar-refractivity contribution is 0.600. The van der Waals surface area contributed by atoms with Crippen LogP contribution >= 0.6 is 11.3 Å². The molecule has 2 N–H and O–H groups in total. The second-order valence-corrected chi connectivity index (χ2v) is 5.87. The van der Waals surface area contributed by atoms with Crippen molar-refractivity contribution >= 4 is 22.8 Å². The molecule has 3 heterocycles. The molecule has 0 spiro atoms. The van der Waals surface area contributed by atoms with Gasteiger partial charge in [-0.05, 0) is 37.3 Å². The minimum atomic E-state index is 0.372. The lowest BCUT2D eigenvalue weighted by Gasteiger charge is -2.35. The molecule has 1 unspecified atom stereocenters. The van der Waals surface area contributed by atoms with Gasteiger partial charge in [0.1, 0.15) is 0 Å². The van der Waals surface area contributed by atoms with Gasteiger partial charge in [-0.2, -0.15) is 5.10 Å². The Labute approximate surface area is 111 Å². The Kier molecular flexibility index (Phi) is 2.59. The smallest absolute Gasteiger partial charge is 0.150 e. The number of hydrogen-bond donors (Lipinski definition) is 1. The van der Waals surface area contributed by atoms with Crippen molar-refractivity contribution in [1.29, 1.82) is 0 Å². The van der Waals surface area contributed by atoms with Crippen LogP contribution in [-0.4, -0.2) is 16.3 Å². The molecule has 2 aromatic heterocycles. The zero-order valence-electron chi connectivity index (χ0n) is 11.0. The predicted octanol–water partition coefficient (Wildman–Crippen LogP) is 2.50. The lowest BCUT2D eigenvalue weighted by Crippen LogP contribution is -2.34. The molecule has 18 heavy (non-hydrogen) atoms. The van der Waals surface area contributed by atoms with Gasteiger partial charge in [-0.25, -0.2) is 0 Å². The van der Waals surface area contributed by atoms with Crippen LogP contribution in [-0.2, 0) is 13.5 Å². The molecule has 1 aliphatic rings. The van der Waals surface area contributed by atoms with E-state index in [0.29, 0.717) is 6.04 Å². The third kappa shape index (κ3) is 1.54. The van der Waals surface area contributed by atoms with Crippen molar-refractivity contribution in [3.8, 4) is 0 Å². The molecule has 0 radical (unpaired) electrons. The van der Waals surface area contributed by atoms with E-state index < -0.39 is 0 Å². The van der Waals surface area contributed by atoms with Crippen LogP contribution in [0, 0.1) is 6.92 Å². The van der Waals surface area contributed by atoms with E-state index in [9.17, 15) is 0 Å². The molecule has 3 rings (SSSR count). The molecule has 2 aromatic rings. The first-order valence-electron chi connectivity index (χ1n) is 6.21. The molecule has 0 saturated carbocycles. The topological polar surface area (TPSA) is 47.1 Å². The maximum atomic E-state index is 6.17. The summed E-state index contributed by atoms with van der Waals surface area (Å²) in [6.45, 7) is 5.22. The second kappa shape index (κ2) is 4.02. The number of rotatable bonds is 1. The summed E-state index contributed by atoms with van der Waals surface area (Å²) in [5.41, 5.74) is 9.33. The van der Waals surface area contributed by atoms with E-state index in [1.54, 1.807) is 0 Å². The van der Waals surface area contributed by atoms with Crippen LogP contribution in [0.15, 0.2) is 11.4 Å². The SMILES string of the molecule is Cc1nn(C)c(N2CCc3sccc3C2C)c1N. The first kappa shape index (κ1) is 11.6. The van der Waals surface area contributed by atoms with Crippen LogP contribution in [0.5, 0.6) is 0 Å². The van der Waals surface area contributed by atoms with Gasteiger partial charge in [-0.3, -0.25) is 4.68 Å². The molecular weight excluding hydrogens is 244 g/mol. The highest BCUT2D eigenvalue weighted by atomic mass is 32.1. The zero-order valence-corrected chi connectivity index (χ0v) is 11.8. The molecule has 5 heteroatoms. The maximum Gasteiger partial charge on any atom is 0.150 e. The van der Waals surface area contributed by atoms with Crippen molar-refractivity contribution in [2.45, 2.75) is 26.3 Å². The fraction of sp³-hybridized carbons (Fsp3) is 0.462. The van der Waals surface area contributed by atoms with Crippen LogP contribution in [0.4, 0.5) is 11.5 Å². The van der Waals surface area contributed by atoms with Gasteiger partial charge in [0.25, 0.3) is 0 Å². The van der Waals surface area contributed by atoms with Crippen molar-refractivity contribution in [2.75, 3.05) is 17.2 Å². The summed E-state index contributed by atoms with van der Waals surface area (Å²) in [6.07, 6.45) is 1.10. The molecular formula is C13H18N4S. The highest BCUT2D eigenvalue weighted by molar-refractivity contribution is 7.10. The molecule has 0 aromatic carbocycles. The predicted molar refractivity (Wildman–Crippen MR) is 76.1 cm³/mol. The third-order valence-corrected chi connectivity index (χ3v) is 4.78. The third-order valence-electron chi connectivity index (χ3n) is 3.79. The fourth-order valence-corrected chi connectivity index (χ4v) is 3.76. The van der Waals surface area contributed by atoms with E-state index in [1.165, 1.54) is 10.4 Å². The molecule has 0 aliphatic carbocycles. The Morgan fingerprint density at radius 3 is 2.94 bits per heavy atom. The molecule has 0 amide bonds. The van der Waals surface area contributed by atoms with Crippen LogP contribution in [0.1, 0.15) is 29.1 Å². The van der Waals surface area contributed by atoms with Gasteiger partial charge in [0.2, 0.25) is 0 Å². The van der Waals surface area contributed by atoms with Gasteiger partial charge in [-0.1, -0.05) is 0 Å². The Bertz CT molecular complexity index is 584. The molecule has 96 valence electrons. The second-order valence-electron chi connectivity index (χ2n) is 4.86. The summed E-state index contributed by atoms with van der Waals surface area (Å²) in [6, 6.07) is 2.60. The maximum absolute atomic E-state index is 6.17. The molecule has 1 aliphatic heterocycles. The summed E-state index contributed by atoms with van der Waals surface area (Å²) >= 11 is 1.86. The minimum Gasteiger partial charge on any atom is -0.394 e. The number of fused-ring (bicyclic) bond motifs is 1. The number of anilines is 2. The summed E-state index contributed by atoms with van der Waals surface area (Å²) in [4.78, 5) is 3.88. The van der Waals surface area contributed by atoms with Crippen molar-refractivity contribution in [1.82, 2.24) is 9.78 Å². The van der Waals surface area contributed by atoms with Crippen molar-refractivity contribution in [3.63, 3.8) is 0 Å². The molecule has 1 atom stereocenters. The highest BCUT2D eigenvalue weighted by Gasteiger charge is 2.28. The largest absolute Gasteiger partial charge is 0.394 e. The Morgan fingerprint density at radius 2 is 2.28 bits per heavy atom. The fourth-order valence-electron chi connectivity index (χ4n) is 2.80. The Balaban J connectivity index is 2.04. The van der Waals surface area contributed by atoms with Crippen molar-refractivity contribution < 1.29 is 0 Å². The number of nitrogens with two attached hydrogens (primary N) is 1. The van der Waals surface area contributed by atoms with Crippen LogP contribution in [0.2, 0.25) is 0 Å². The lowest BCUT2D eigenvalue weighted by atomic mass is 10.0. The van der Waals surface area contributed by atoms with Crippen molar-refractivity contribution in [3.05, 3.63) is 27.6 Å². The van der Waals surface area contributed by atoms with E-state index in [-0.39, 0.29) is 0 Å². The summed E-state index contributed by atoms with van der Waals surface area (Å²) < 4.78 is 1.90. The summed E-state index contributed by atoms with van der Waals surface area (Å²) in [5.74, 6) is 1.05.